The number of rotatable bonds is 7. The first-order valence-electron chi connectivity index (χ1n) is 8.19. The molecule has 2 aromatic carbocycles. The van der Waals surface area contributed by atoms with Crippen molar-refractivity contribution < 1.29 is 9.53 Å². The third-order valence-electron chi connectivity index (χ3n) is 3.76. The van der Waals surface area contributed by atoms with Gasteiger partial charge in [0.2, 0.25) is 0 Å². The first-order valence-corrected chi connectivity index (χ1v) is 10.1. The van der Waals surface area contributed by atoms with Crippen LogP contribution in [0.4, 0.5) is 0 Å². The molecule has 1 N–H and O–H groups in total. The Hall–Kier alpha value is -2.31. The van der Waals surface area contributed by atoms with Gasteiger partial charge in [0.25, 0.3) is 5.91 Å². The lowest BCUT2D eigenvalue weighted by molar-refractivity contribution is 0.0951. The molecule has 1 amide bonds. The minimum Gasteiger partial charge on any atom is -0.497 e. The van der Waals surface area contributed by atoms with Gasteiger partial charge in [0.05, 0.1) is 17.8 Å². The molecular formula is C20H20N2O2S2. The summed E-state index contributed by atoms with van der Waals surface area (Å²) in [4.78, 5) is 17.9. The minimum absolute atomic E-state index is 0.0838. The number of carbonyl (C=O) groups is 1. The molecular weight excluding hydrogens is 364 g/mol. The fraction of sp³-hybridized carbons (Fsp3) is 0.200. The van der Waals surface area contributed by atoms with Gasteiger partial charge in [-0.25, -0.2) is 4.98 Å². The monoisotopic (exact) mass is 384 g/mol. The lowest BCUT2D eigenvalue weighted by Crippen LogP contribution is -2.22. The van der Waals surface area contributed by atoms with Gasteiger partial charge in [-0.15, -0.1) is 23.1 Å². The number of hydrogen-bond donors (Lipinski definition) is 1. The maximum atomic E-state index is 12.3. The van der Waals surface area contributed by atoms with Gasteiger partial charge in [-0.05, 0) is 48.9 Å². The Balaban J connectivity index is 1.53. The molecule has 1 heterocycles. The normalized spacial score (nSPS) is 10.5. The summed E-state index contributed by atoms with van der Waals surface area (Å²) in [6.07, 6.45) is 0. The number of nitrogens with one attached hydrogen (secondary N) is 1. The second-order valence-corrected chi connectivity index (χ2v) is 7.82. The third-order valence-corrected chi connectivity index (χ3v) is 5.62. The molecule has 0 aliphatic heterocycles. The smallest absolute Gasteiger partial charge is 0.251 e. The summed E-state index contributed by atoms with van der Waals surface area (Å²) in [6.45, 7) is 2.48. The van der Waals surface area contributed by atoms with Crippen molar-refractivity contribution in [1.82, 2.24) is 10.3 Å². The van der Waals surface area contributed by atoms with Gasteiger partial charge in [-0.1, -0.05) is 12.1 Å². The van der Waals surface area contributed by atoms with Crippen LogP contribution in [0, 0.1) is 6.92 Å². The molecule has 0 radical (unpaired) electrons. The van der Waals surface area contributed by atoms with Gasteiger partial charge in [0, 0.05) is 28.1 Å². The highest BCUT2D eigenvalue weighted by Gasteiger charge is 2.06. The van der Waals surface area contributed by atoms with Crippen LogP contribution in [0.3, 0.4) is 0 Å². The zero-order valence-electron chi connectivity index (χ0n) is 14.7. The second kappa shape index (κ2) is 8.87. The second-order valence-electron chi connectivity index (χ2n) is 5.71. The molecule has 134 valence electrons. The van der Waals surface area contributed by atoms with Crippen molar-refractivity contribution >= 4 is 29.0 Å². The maximum Gasteiger partial charge on any atom is 0.251 e. The number of methoxy groups -OCH3 is 1. The molecule has 4 nitrogen and oxygen atoms in total. The molecule has 0 bridgehead atoms. The number of benzene rings is 2. The maximum absolute atomic E-state index is 12.3. The molecule has 0 spiro atoms. The highest BCUT2D eigenvalue weighted by atomic mass is 32.2. The Kier molecular flexibility index (Phi) is 6.30. The highest BCUT2D eigenvalue weighted by Crippen LogP contribution is 2.24. The molecule has 1 aromatic heterocycles. The highest BCUT2D eigenvalue weighted by molar-refractivity contribution is 7.98. The van der Waals surface area contributed by atoms with Crippen molar-refractivity contribution in [2.75, 3.05) is 7.11 Å². The van der Waals surface area contributed by atoms with Crippen LogP contribution >= 0.6 is 23.1 Å². The first-order chi connectivity index (χ1) is 12.6. The minimum atomic E-state index is -0.0838. The van der Waals surface area contributed by atoms with Gasteiger partial charge in [0.15, 0.2) is 0 Å². The molecule has 0 saturated carbocycles. The zero-order chi connectivity index (χ0) is 18.4. The van der Waals surface area contributed by atoms with Crippen molar-refractivity contribution in [3.63, 3.8) is 0 Å². The fourth-order valence-electron chi connectivity index (χ4n) is 2.40. The Bertz CT molecular complexity index is 876. The SMILES string of the molecule is COc1cccc(CNC(=O)c2ccc(SCc3csc(C)n3)cc2)c1. The number of carbonyl (C=O) groups excluding carboxylic acids is 1. The predicted octanol–water partition coefficient (Wildman–Crippen LogP) is 4.68. The Morgan fingerprint density at radius 2 is 2.04 bits per heavy atom. The van der Waals surface area contributed by atoms with Crippen molar-refractivity contribution in [1.29, 1.82) is 0 Å². The number of amides is 1. The van der Waals surface area contributed by atoms with Crippen molar-refractivity contribution in [2.24, 2.45) is 0 Å². The molecule has 3 rings (SSSR count). The van der Waals surface area contributed by atoms with Crippen molar-refractivity contribution in [3.05, 3.63) is 75.7 Å². The number of aryl methyl sites for hydroxylation is 1. The van der Waals surface area contributed by atoms with Gasteiger partial charge >= 0.3 is 0 Å². The van der Waals surface area contributed by atoms with Crippen LogP contribution in [0.15, 0.2) is 58.8 Å². The van der Waals surface area contributed by atoms with Crippen LogP contribution in [0.5, 0.6) is 5.75 Å². The molecule has 0 fully saturated rings. The Morgan fingerprint density at radius 3 is 2.73 bits per heavy atom. The topological polar surface area (TPSA) is 51.2 Å². The van der Waals surface area contributed by atoms with E-state index >= 15 is 0 Å². The van der Waals surface area contributed by atoms with E-state index in [1.165, 1.54) is 0 Å². The lowest BCUT2D eigenvalue weighted by Gasteiger charge is -2.07. The molecule has 26 heavy (non-hydrogen) atoms. The number of ether oxygens (including phenoxy) is 1. The van der Waals surface area contributed by atoms with Crippen LogP contribution in [-0.2, 0) is 12.3 Å². The molecule has 6 heteroatoms. The van der Waals surface area contributed by atoms with E-state index in [4.69, 9.17) is 4.74 Å². The van der Waals surface area contributed by atoms with Gasteiger partial charge in [0.1, 0.15) is 5.75 Å². The van der Waals surface area contributed by atoms with Gasteiger partial charge in [-0.2, -0.15) is 0 Å². The van der Waals surface area contributed by atoms with Crippen LogP contribution in [0.2, 0.25) is 0 Å². The van der Waals surface area contributed by atoms with Gasteiger partial charge < -0.3 is 10.1 Å². The van der Waals surface area contributed by atoms with Gasteiger partial charge in [-0.3, -0.25) is 4.79 Å². The average molecular weight is 385 g/mol. The van der Waals surface area contributed by atoms with Crippen LogP contribution in [0.1, 0.15) is 26.6 Å². The van der Waals surface area contributed by atoms with E-state index in [-0.39, 0.29) is 5.91 Å². The van der Waals surface area contributed by atoms with Crippen molar-refractivity contribution in [2.45, 2.75) is 24.1 Å². The summed E-state index contributed by atoms with van der Waals surface area (Å²) in [5, 5.41) is 6.11. The quantitative estimate of drug-likeness (QED) is 0.601. The number of hydrogen-bond acceptors (Lipinski definition) is 5. The predicted molar refractivity (Wildman–Crippen MR) is 107 cm³/mol. The van der Waals surface area contributed by atoms with E-state index in [2.05, 4.69) is 15.7 Å². The lowest BCUT2D eigenvalue weighted by atomic mass is 10.2. The molecule has 0 atom stereocenters. The standard InChI is InChI=1S/C20H20N2O2S2/c1-14-22-17(12-25-14)13-26-19-8-6-16(7-9-19)20(23)21-11-15-4-3-5-18(10-15)24-2/h3-10,12H,11,13H2,1-2H3,(H,21,23). The number of aromatic nitrogens is 1. The Labute approximate surface area is 161 Å². The average Bonchev–Trinajstić information content (AvgIpc) is 3.10. The molecule has 0 saturated heterocycles. The van der Waals surface area contributed by atoms with E-state index in [1.807, 2.05) is 55.5 Å². The summed E-state index contributed by atoms with van der Waals surface area (Å²) >= 11 is 3.39. The van der Waals surface area contributed by atoms with Crippen LogP contribution in [0.25, 0.3) is 0 Å². The van der Waals surface area contributed by atoms with E-state index < -0.39 is 0 Å². The first kappa shape index (κ1) is 18.5. The van der Waals surface area contributed by atoms with E-state index in [1.54, 1.807) is 30.2 Å². The van der Waals surface area contributed by atoms with E-state index in [0.717, 1.165) is 32.7 Å². The Morgan fingerprint density at radius 1 is 1.23 bits per heavy atom. The number of nitrogens with zero attached hydrogens (tertiary/aromatic N) is 1. The molecule has 0 aliphatic rings. The van der Waals surface area contributed by atoms with Crippen LogP contribution in [-0.4, -0.2) is 18.0 Å². The third kappa shape index (κ3) is 5.09. The summed E-state index contributed by atoms with van der Waals surface area (Å²) in [5.41, 5.74) is 2.75. The summed E-state index contributed by atoms with van der Waals surface area (Å²) in [7, 11) is 1.63. The van der Waals surface area contributed by atoms with Crippen molar-refractivity contribution in [3.8, 4) is 5.75 Å². The molecule has 0 aliphatic carbocycles. The molecule has 3 aromatic rings. The van der Waals surface area contributed by atoms with Crippen LogP contribution < -0.4 is 10.1 Å². The largest absolute Gasteiger partial charge is 0.497 e. The molecule has 0 unspecified atom stereocenters. The summed E-state index contributed by atoms with van der Waals surface area (Å²) in [5.74, 6) is 1.54. The summed E-state index contributed by atoms with van der Waals surface area (Å²) in [6, 6.07) is 15.3. The zero-order valence-corrected chi connectivity index (χ0v) is 16.3. The number of thiazole rings is 1. The van der Waals surface area contributed by atoms with E-state index in [0.29, 0.717) is 12.1 Å². The van der Waals surface area contributed by atoms with E-state index in [9.17, 15) is 4.79 Å². The number of thioether (sulfide) groups is 1. The summed E-state index contributed by atoms with van der Waals surface area (Å²) < 4.78 is 5.20. The fourth-order valence-corrected chi connectivity index (χ4v) is 3.91.